The molecule has 7 nitrogen and oxygen atoms in total. The SMILES string of the molecule is C=C(C)CNC(=O)NC(C)C[C-](S(=O)(=O)C(F)(F)F)S(=O)(=O)C(F)(F)F. The Morgan fingerprint density at radius 3 is 1.73 bits per heavy atom. The van der Waals surface area contributed by atoms with Gasteiger partial charge in [-0.3, -0.25) is 16.8 Å². The van der Waals surface area contributed by atoms with Crippen LogP contribution in [0.5, 0.6) is 0 Å². The van der Waals surface area contributed by atoms with E-state index in [1.165, 1.54) is 6.92 Å². The molecule has 0 saturated carbocycles. The standard InChI is InChI=1S/C11H15F6N2O5S2/c1-6(2)5-18-9(20)19-7(3)4-8(25(21,22)10(12,13)14)26(23,24)11(15,16)17/h7H,1,4-5H2,2-3H3,(H2,18,19,20)/q-1. The van der Waals surface area contributed by atoms with E-state index in [4.69, 9.17) is 0 Å². The number of amides is 2. The fourth-order valence-electron chi connectivity index (χ4n) is 1.43. The first-order valence-electron chi connectivity index (χ1n) is 6.51. The van der Waals surface area contributed by atoms with Crippen molar-refractivity contribution in [2.24, 2.45) is 0 Å². The molecule has 0 heterocycles. The zero-order valence-corrected chi connectivity index (χ0v) is 15.0. The maximum absolute atomic E-state index is 12.6. The number of halogens is 6. The zero-order chi connectivity index (χ0) is 21.1. The molecule has 15 heteroatoms. The highest BCUT2D eigenvalue weighted by atomic mass is 32.3. The Morgan fingerprint density at radius 1 is 1.04 bits per heavy atom. The Bertz CT molecular complexity index is 698. The van der Waals surface area contributed by atoms with Gasteiger partial charge < -0.3 is 10.6 Å². The largest absolute Gasteiger partial charge is 0.469 e. The molecule has 1 unspecified atom stereocenters. The van der Waals surface area contributed by atoms with Crippen LogP contribution in [0.3, 0.4) is 0 Å². The highest BCUT2D eigenvalue weighted by Crippen LogP contribution is 2.42. The van der Waals surface area contributed by atoms with E-state index in [1.807, 2.05) is 5.32 Å². The van der Waals surface area contributed by atoms with Crippen LogP contribution < -0.4 is 10.6 Å². The van der Waals surface area contributed by atoms with E-state index in [1.54, 1.807) is 0 Å². The second kappa shape index (κ2) is 8.02. The van der Waals surface area contributed by atoms with E-state index in [0.29, 0.717) is 5.57 Å². The lowest BCUT2D eigenvalue weighted by Gasteiger charge is -2.33. The molecular formula is C11H15F6N2O5S2-. The fraction of sp³-hybridized carbons (Fsp3) is 0.636. The van der Waals surface area contributed by atoms with Crippen molar-refractivity contribution in [1.82, 2.24) is 10.6 Å². The Labute approximate surface area is 145 Å². The molecule has 0 aliphatic heterocycles. The molecule has 0 spiro atoms. The molecular weight excluding hydrogens is 418 g/mol. The van der Waals surface area contributed by atoms with Crippen molar-refractivity contribution in [2.45, 2.75) is 37.3 Å². The molecule has 0 aromatic rings. The normalized spacial score (nSPS) is 14.8. The molecule has 2 N–H and O–H groups in total. The highest BCUT2D eigenvalue weighted by Gasteiger charge is 2.53. The van der Waals surface area contributed by atoms with Crippen LogP contribution in [0.25, 0.3) is 0 Å². The van der Waals surface area contributed by atoms with Crippen LogP contribution in [-0.4, -0.2) is 46.5 Å². The van der Waals surface area contributed by atoms with E-state index < -0.39 is 53.8 Å². The molecule has 2 amide bonds. The third-order valence-corrected chi connectivity index (χ3v) is 6.68. The summed E-state index contributed by atoms with van der Waals surface area (Å²) in [5, 5.41) is 3.96. The molecule has 0 saturated heterocycles. The van der Waals surface area contributed by atoms with Crippen LogP contribution in [0, 0.1) is 4.58 Å². The Morgan fingerprint density at radius 2 is 1.42 bits per heavy atom. The van der Waals surface area contributed by atoms with E-state index in [2.05, 4.69) is 11.9 Å². The minimum atomic E-state index is -6.81. The lowest BCUT2D eigenvalue weighted by atomic mass is 10.2. The summed E-state index contributed by atoms with van der Waals surface area (Å²) in [5.41, 5.74) is -12.1. The van der Waals surface area contributed by atoms with Gasteiger partial charge in [-0.15, -0.1) is 6.42 Å². The van der Waals surface area contributed by atoms with E-state index >= 15 is 0 Å². The van der Waals surface area contributed by atoms with Gasteiger partial charge in [0.05, 0.1) is 0 Å². The van der Waals surface area contributed by atoms with Gasteiger partial charge in [-0.05, 0) is 13.8 Å². The van der Waals surface area contributed by atoms with Gasteiger partial charge in [-0.1, -0.05) is 16.7 Å². The number of urea groups is 1. The summed E-state index contributed by atoms with van der Waals surface area (Å²) in [6, 6.07) is -2.77. The topological polar surface area (TPSA) is 109 Å². The molecule has 0 bridgehead atoms. The monoisotopic (exact) mass is 433 g/mol. The molecule has 0 radical (unpaired) electrons. The highest BCUT2D eigenvalue weighted by molar-refractivity contribution is 8.13. The van der Waals surface area contributed by atoms with Gasteiger partial charge in [-0.25, -0.2) is 4.79 Å². The number of alkyl halides is 6. The van der Waals surface area contributed by atoms with Gasteiger partial charge in [0.2, 0.25) is 0 Å². The minimum absolute atomic E-state index is 0.0865. The average molecular weight is 433 g/mol. The van der Waals surface area contributed by atoms with Crippen LogP contribution >= 0.6 is 0 Å². The molecule has 0 rings (SSSR count). The van der Waals surface area contributed by atoms with E-state index in [0.717, 1.165) is 6.92 Å². The lowest BCUT2D eigenvalue weighted by Crippen LogP contribution is -2.45. The van der Waals surface area contributed by atoms with E-state index in [-0.39, 0.29) is 6.54 Å². The number of carbonyl (C=O) groups excluding carboxylic acids is 1. The first-order chi connectivity index (χ1) is 11.3. The molecule has 1 atom stereocenters. The Kier molecular flexibility index (Phi) is 7.55. The predicted octanol–water partition coefficient (Wildman–Crippen LogP) is 2.00. The first-order valence-corrected chi connectivity index (χ1v) is 9.48. The van der Waals surface area contributed by atoms with Crippen molar-refractivity contribution < 1.29 is 48.0 Å². The van der Waals surface area contributed by atoms with Gasteiger partial charge in [0.1, 0.15) is 19.7 Å². The van der Waals surface area contributed by atoms with Gasteiger partial charge in [0.25, 0.3) is 0 Å². The second-order valence-corrected chi connectivity index (χ2v) is 9.34. The molecule has 0 aromatic heterocycles. The summed E-state index contributed by atoms with van der Waals surface area (Å²) >= 11 is 0. The number of sulfone groups is 2. The van der Waals surface area contributed by atoms with Crippen molar-refractivity contribution in [1.29, 1.82) is 0 Å². The molecule has 0 aliphatic rings. The number of hydrogen-bond donors (Lipinski definition) is 2. The van der Waals surface area contributed by atoms with Crippen LogP contribution in [0.4, 0.5) is 31.1 Å². The smallest absolute Gasteiger partial charge is 0.338 e. The maximum atomic E-state index is 12.6. The molecule has 0 fully saturated rings. The van der Waals surface area contributed by atoms with Crippen molar-refractivity contribution in [3.05, 3.63) is 16.7 Å². The summed E-state index contributed by atoms with van der Waals surface area (Å²) in [5.74, 6) is 0. The number of rotatable bonds is 7. The Hall–Kier alpha value is -1.51. The van der Waals surface area contributed by atoms with Gasteiger partial charge >= 0.3 is 17.0 Å². The van der Waals surface area contributed by atoms with E-state index in [9.17, 15) is 48.0 Å². The maximum Gasteiger partial charge on any atom is 0.469 e. The molecule has 0 aromatic carbocycles. The van der Waals surface area contributed by atoms with Gasteiger partial charge in [0, 0.05) is 12.6 Å². The summed E-state index contributed by atoms with van der Waals surface area (Å²) < 4.78 is 118. The number of nitrogens with one attached hydrogen (secondary N) is 2. The van der Waals surface area contributed by atoms with Crippen molar-refractivity contribution in [3.8, 4) is 0 Å². The predicted molar refractivity (Wildman–Crippen MR) is 78.6 cm³/mol. The molecule has 154 valence electrons. The lowest BCUT2D eigenvalue weighted by molar-refractivity contribution is -0.0456. The van der Waals surface area contributed by atoms with Crippen LogP contribution in [-0.2, 0) is 19.7 Å². The summed E-state index contributed by atoms with van der Waals surface area (Å²) in [7, 11) is -13.6. The van der Waals surface area contributed by atoms with Crippen LogP contribution in [0.2, 0.25) is 0 Å². The molecule has 0 aliphatic carbocycles. The average Bonchev–Trinajstić information content (AvgIpc) is 2.39. The summed E-state index contributed by atoms with van der Waals surface area (Å²) in [6.07, 6.45) is -1.75. The third-order valence-electron chi connectivity index (χ3n) is 2.61. The minimum Gasteiger partial charge on any atom is -0.338 e. The fourth-order valence-corrected chi connectivity index (χ4v) is 4.61. The van der Waals surface area contributed by atoms with Crippen molar-refractivity contribution in [2.75, 3.05) is 6.54 Å². The number of hydrogen-bond acceptors (Lipinski definition) is 5. The zero-order valence-electron chi connectivity index (χ0n) is 13.3. The summed E-state index contributed by atoms with van der Waals surface area (Å²) in [4.78, 5) is 11.4. The Balaban J connectivity index is 5.67. The van der Waals surface area contributed by atoms with Gasteiger partial charge in [0.15, 0.2) is 0 Å². The van der Waals surface area contributed by atoms with Crippen LogP contribution in [0.1, 0.15) is 20.3 Å². The third kappa shape index (κ3) is 6.03. The summed E-state index contributed by atoms with van der Waals surface area (Å²) in [6.45, 7) is 5.66. The van der Waals surface area contributed by atoms with Crippen molar-refractivity contribution in [3.63, 3.8) is 0 Å². The second-order valence-electron chi connectivity index (χ2n) is 5.16. The van der Waals surface area contributed by atoms with Crippen LogP contribution in [0.15, 0.2) is 12.2 Å². The number of carbonyl (C=O) groups is 1. The first kappa shape index (κ1) is 24.5. The van der Waals surface area contributed by atoms with Crippen molar-refractivity contribution >= 4 is 25.7 Å². The van der Waals surface area contributed by atoms with Gasteiger partial charge in [-0.2, -0.15) is 26.3 Å². The quantitative estimate of drug-likeness (QED) is 0.363. The molecule has 26 heavy (non-hydrogen) atoms.